The van der Waals surface area contributed by atoms with E-state index in [1.165, 1.54) is 0 Å². The van der Waals surface area contributed by atoms with E-state index in [-0.39, 0.29) is 5.92 Å². The fraction of sp³-hybridized carbons (Fsp3) is 0.455. The number of hydrogen-bond donors (Lipinski definition) is 1. The van der Waals surface area contributed by atoms with Crippen LogP contribution in [-0.4, -0.2) is 13.1 Å². The molecule has 1 saturated carbocycles. The van der Waals surface area contributed by atoms with Crippen molar-refractivity contribution in [2.75, 3.05) is 7.05 Å². The molecule has 1 nitrogen and oxygen atoms in total. The van der Waals surface area contributed by atoms with Gasteiger partial charge in [0.15, 0.2) is 11.6 Å². The molecule has 0 spiro atoms. The molecule has 1 aromatic rings. The maximum atomic E-state index is 13.3. The van der Waals surface area contributed by atoms with Gasteiger partial charge in [-0.1, -0.05) is 12.1 Å². The molecular formula is C11H13F2N. The van der Waals surface area contributed by atoms with E-state index < -0.39 is 11.6 Å². The number of nitrogens with one attached hydrogen (secondary N) is 1. The van der Waals surface area contributed by atoms with Gasteiger partial charge in [0.2, 0.25) is 0 Å². The summed E-state index contributed by atoms with van der Waals surface area (Å²) in [4.78, 5) is 0. The second-order valence-corrected chi connectivity index (χ2v) is 3.80. The Kier molecular flexibility index (Phi) is 2.50. The normalized spacial score (nSPS) is 25.9. The predicted octanol–water partition coefficient (Wildman–Crippen LogP) is 2.43. The molecule has 14 heavy (non-hydrogen) atoms. The van der Waals surface area contributed by atoms with Gasteiger partial charge in [-0.2, -0.15) is 0 Å². The summed E-state index contributed by atoms with van der Waals surface area (Å²) in [5.74, 6) is -1.23. The first-order valence-electron chi connectivity index (χ1n) is 4.83. The zero-order valence-electron chi connectivity index (χ0n) is 8.06. The topological polar surface area (TPSA) is 12.0 Å². The molecule has 1 fully saturated rings. The molecule has 0 heterocycles. The first kappa shape index (κ1) is 9.59. The maximum Gasteiger partial charge on any atom is 0.162 e. The van der Waals surface area contributed by atoms with E-state index in [2.05, 4.69) is 5.32 Å². The summed E-state index contributed by atoms with van der Waals surface area (Å²) in [6.07, 6.45) is 1.80. The Morgan fingerprint density at radius 3 is 2.64 bits per heavy atom. The monoisotopic (exact) mass is 197 g/mol. The minimum atomic E-state index is -0.740. The van der Waals surface area contributed by atoms with E-state index in [9.17, 15) is 8.78 Å². The van der Waals surface area contributed by atoms with Crippen molar-refractivity contribution in [3.05, 3.63) is 35.4 Å². The minimum absolute atomic E-state index is 0.183. The molecule has 3 heteroatoms. The largest absolute Gasteiger partial charge is 0.317 e. The summed E-state index contributed by atoms with van der Waals surface area (Å²) >= 11 is 0. The molecule has 2 rings (SSSR count). The smallest absolute Gasteiger partial charge is 0.162 e. The molecule has 1 N–H and O–H groups in total. The van der Waals surface area contributed by atoms with Crippen LogP contribution in [0.15, 0.2) is 18.2 Å². The van der Waals surface area contributed by atoms with Crippen molar-refractivity contribution < 1.29 is 8.78 Å². The van der Waals surface area contributed by atoms with Crippen molar-refractivity contribution in [1.82, 2.24) is 5.32 Å². The number of benzene rings is 1. The SMILES string of the molecule is CNC1CC(c2cccc(F)c2F)C1. The molecular weight excluding hydrogens is 184 g/mol. The standard InChI is InChI=1S/C11H13F2N/c1-14-8-5-7(6-8)9-3-2-4-10(12)11(9)13/h2-4,7-8,14H,5-6H2,1H3. The Morgan fingerprint density at radius 1 is 1.29 bits per heavy atom. The van der Waals surface area contributed by atoms with Crippen LogP contribution in [0.5, 0.6) is 0 Å². The van der Waals surface area contributed by atoms with Crippen LogP contribution in [0.4, 0.5) is 8.78 Å². The Labute approximate surface area is 82.1 Å². The van der Waals surface area contributed by atoms with Crippen molar-refractivity contribution in [1.29, 1.82) is 0 Å². The summed E-state index contributed by atoms with van der Waals surface area (Å²) in [6, 6.07) is 4.87. The highest BCUT2D eigenvalue weighted by Crippen LogP contribution is 2.38. The van der Waals surface area contributed by atoms with Crippen LogP contribution in [0.1, 0.15) is 24.3 Å². The molecule has 0 bridgehead atoms. The first-order chi connectivity index (χ1) is 6.72. The van der Waals surface area contributed by atoms with Gasteiger partial charge in [0.1, 0.15) is 0 Å². The molecule has 0 amide bonds. The van der Waals surface area contributed by atoms with Crippen molar-refractivity contribution >= 4 is 0 Å². The summed E-state index contributed by atoms with van der Waals surface area (Å²) in [5.41, 5.74) is 0.525. The molecule has 1 aromatic carbocycles. The van der Waals surface area contributed by atoms with Crippen LogP contribution in [-0.2, 0) is 0 Å². The van der Waals surface area contributed by atoms with Gasteiger partial charge < -0.3 is 5.32 Å². The molecule has 1 aliphatic carbocycles. The molecule has 0 saturated heterocycles. The lowest BCUT2D eigenvalue weighted by molar-refractivity contribution is 0.298. The van der Waals surface area contributed by atoms with E-state index in [4.69, 9.17) is 0 Å². The van der Waals surface area contributed by atoms with Crippen molar-refractivity contribution in [2.24, 2.45) is 0 Å². The van der Waals surface area contributed by atoms with Crippen LogP contribution in [0, 0.1) is 11.6 Å². The predicted molar refractivity (Wildman–Crippen MR) is 51.2 cm³/mol. The Hall–Kier alpha value is -0.960. The lowest BCUT2D eigenvalue weighted by Crippen LogP contribution is -2.38. The third-order valence-corrected chi connectivity index (χ3v) is 2.97. The average Bonchev–Trinajstić information content (AvgIpc) is 2.10. The van der Waals surface area contributed by atoms with Gasteiger partial charge in [-0.15, -0.1) is 0 Å². The quantitative estimate of drug-likeness (QED) is 0.767. The molecule has 0 unspecified atom stereocenters. The van der Waals surface area contributed by atoms with Crippen LogP contribution >= 0.6 is 0 Å². The van der Waals surface area contributed by atoms with Gasteiger partial charge in [0.05, 0.1) is 0 Å². The zero-order chi connectivity index (χ0) is 10.1. The summed E-state index contributed by atoms with van der Waals surface area (Å²) in [6.45, 7) is 0. The zero-order valence-corrected chi connectivity index (χ0v) is 8.06. The second kappa shape index (κ2) is 3.65. The van der Waals surface area contributed by atoms with E-state index in [0.29, 0.717) is 11.6 Å². The lowest BCUT2D eigenvalue weighted by Gasteiger charge is -2.35. The highest BCUT2D eigenvalue weighted by Gasteiger charge is 2.31. The van der Waals surface area contributed by atoms with Gasteiger partial charge in [-0.05, 0) is 37.4 Å². The maximum absolute atomic E-state index is 13.3. The number of halogens is 2. The molecule has 1 aliphatic rings. The van der Waals surface area contributed by atoms with Gasteiger partial charge in [-0.3, -0.25) is 0 Å². The third-order valence-electron chi connectivity index (χ3n) is 2.97. The van der Waals surface area contributed by atoms with Gasteiger partial charge in [-0.25, -0.2) is 8.78 Å². The van der Waals surface area contributed by atoms with E-state index in [1.807, 2.05) is 7.05 Å². The Morgan fingerprint density at radius 2 is 2.00 bits per heavy atom. The summed E-state index contributed by atoms with van der Waals surface area (Å²) in [7, 11) is 1.89. The van der Waals surface area contributed by atoms with E-state index in [0.717, 1.165) is 18.9 Å². The van der Waals surface area contributed by atoms with Crippen molar-refractivity contribution in [2.45, 2.75) is 24.8 Å². The average molecular weight is 197 g/mol. The first-order valence-corrected chi connectivity index (χ1v) is 4.83. The van der Waals surface area contributed by atoms with Crippen LogP contribution in [0.2, 0.25) is 0 Å². The fourth-order valence-electron chi connectivity index (χ4n) is 1.94. The minimum Gasteiger partial charge on any atom is -0.317 e. The van der Waals surface area contributed by atoms with Gasteiger partial charge >= 0.3 is 0 Å². The van der Waals surface area contributed by atoms with Crippen LogP contribution in [0.3, 0.4) is 0 Å². The highest BCUT2D eigenvalue weighted by molar-refractivity contribution is 5.25. The molecule has 0 atom stereocenters. The van der Waals surface area contributed by atoms with Crippen LogP contribution < -0.4 is 5.32 Å². The molecule has 0 radical (unpaired) electrons. The lowest BCUT2D eigenvalue weighted by atomic mass is 9.76. The van der Waals surface area contributed by atoms with E-state index >= 15 is 0 Å². The van der Waals surface area contributed by atoms with Crippen LogP contribution in [0.25, 0.3) is 0 Å². The second-order valence-electron chi connectivity index (χ2n) is 3.80. The molecule has 0 aromatic heterocycles. The Bertz CT molecular complexity index is 332. The summed E-state index contributed by atoms with van der Waals surface area (Å²) in [5, 5.41) is 3.12. The highest BCUT2D eigenvalue weighted by atomic mass is 19.2. The van der Waals surface area contributed by atoms with Crippen molar-refractivity contribution in [3.63, 3.8) is 0 Å². The summed E-state index contributed by atoms with van der Waals surface area (Å²) < 4.78 is 26.2. The molecule has 76 valence electrons. The Balaban J connectivity index is 2.14. The van der Waals surface area contributed by atoms with Gasteiger partial charge in [0, 0.05) is 6.04 Å². The number of hydrogen-bond acceptors (Lipinski definition) is 1. The van der Waals surface area contributed by atoms with E-state index in [1.54, 1.807) is 12.1 Å². The third kappa shape index (κ3) is 1.52. The molecule has 0 aliphatic heterocycles. The van der Waals surface area contributed by atoms with Crippen molar-refractivity contribution in [3.8, 4) is 0 Å². The van der Waals surface area contributed by atoms with Gasteiger partial charge in [0.25, 0.3) is 0 Å². The fourth-order valence-corrected chi connectivity index (χ4v) is 1.94. The number of rotatable bonds is 2.